The van der Waals surface area contributed by atoms with E-state index in [4.69, 9.17) is 9.47 Å². The van der Waals surface area contributed by atoms with Gasteiger partial charge in [0.15, 0.2) is 4.87 Å². The molecule has 0 aromatic heterocycles. The molecule has 1 atom stereocenters. The number of benzene rings is 2. The lowest BCUT2D eigenvalue weighted by Gasteiger charge is -2.33. The monoisotopic (exact) mass is 416 g/mol. The Bertz CT molecular complexity index is 969. The van der Waals surface area contributed by atoms with Crippen LogP contribution >= 0.6 is 11.8 Å². The second-order valence-electron chi connectivity index (χ2n) is 6.88. The van der Waals surface area contributed by atoms with Crippen molar-refractivity contribution in [2.45, 2.75) is 11.4 Å². The number of nitrogens with zero attached hydrogens (tertiary/aromatic N) is 2. The summed E-state index contributed by atoms with van der Waals surface area (Å²) in [6.07, 6.45) is 0. The van der Waals surface area contributed by atoms with Crippen LogP contribution in [0.1, 0.15) is 11.1 Å². The van der Waals surface area contributed by atoms with E-state index < -0.39 is 4.87 Å². The third-order valence-electron chi connectivity index (χ3n) is 5.20. The molecular formula is C21H21FN2O4S. The molecule has 2 aromatic rings. The van der Waals surface area contributed by atoms with Crippen molar-refractivity contribution in [2.75, 3.05) is 38.0 Å². The highest BCUT2D eigenvalue weighted by Crippen LogP contribution is 2.55. The maximum atomic E-state index is 13.7. The smallest absolute Gasteiger partial charge is 0.268 e. The number of amides is 2. The van der Waals surface area contributed by atoms with E-state index in [0.717, 1.165) is 0 Å². The van der Waals surface area contributed by atoms with E-state index >= 15 is 0 Å². The predicted octanol–water partition coefficient (Wildman–Crippen LogP) is 2.76. The Morgan fingerprint density at radius 1 is 1.24 bits per heavy atom. The summed E-state index contributed by atoms with van der Waals surface area (Å²) in [7, 11) is 3.02. The highest BCUT2D eigenvalue weighted by atomic mass is 32.2. The van der Waals surface area contributed by atoms with Crippen LogP contribution in [0.25, 0.3) is 0 Å². The number of fused-ring (bicyclic) bond motifs is 2. The molecular weight excluding hydrogens is 395 g/mol. The SMILES string of the molecule is COCC(=O)N1CCS[C@]12C(=O)N(Cc1cccc(F)c1)c1ccc(OC)cc12. The van der Waals surface area contributed by atoms with Crippen LogP contribution in [-0.4, -0.2) is 49.8 Å². The van der Waals surface area contributed by atoms with Crippen molar-refractivity contribution in [3.63, 3.8) is 0 Å². The topological polar surface area (TPSA) is 59.1 Å². The summed E-state index contributed by atoms with van der Waals surface area (Å²) in [4.78, 5) is 28.5. The Morgan fingerprint density at radius 3 is 2.79 bits per heavy atom. The summed E-state index contributed by atoms with van der Waals surface area (Å²) in [6.45, 7) is 0.562. The number of halogens is 1. The summed E-state index contributed by atoms with van der Waals surface area (Å²) in [5, 5.41) is 0. The molecule has 0 radical (unpaired) electrons. The third kappa shape index (κ3) is 3.16. The zero-order valence-electron chi connectivity index (χ0n) is 16.2. The van der Waals surface area contributed by atoms with Crippen molar-refractivity contribution >= 4 is 29.3 Å². The van der Waals surface area contributed by atoms with Crippen molar-refractivity contribution in [3.05, 3.63) is 59.4 Å². The van der Waals surface area contributed by atoms with Gasteiger partial charge in [-0.25, -0.2) is 4.39 Å². The molecule has 6 nitrogen and oxygen atoms in total. The maximum Gasteiger partial charge on any atom is 0.268 e. The van der Waals surface area contributed by atoms with E-state index in [0.29, 0.717) is 34.9 Å². The molecule has 152 valence electrons. The fourth-order valence-corrected chi connectivity index (χ4v) is 5.42. The van der Waals surface area contributed by atoms with Gasteiger partial charge in [0.1, 0.15) is 18.2 Å². The standard InChI is InChI=1S/C21H21FN2O4S/c1-27-13-19(25)24-8-9-29-21(24)17-11-16(28-2)6-7-18(17)23(20(21)26)12-14-4-3-5-15(22)10-14/h3-7,10-11H,8-9,12-13H2,1-2H3/t21-/m1/s1. The van der Waals surface area contributed by atoms with E-state index in [1.165, 1.54) is 31.0 Å². The first-order valence-corrected chi connectivity index (χ1v) is 10.2. The number of hydrogen-bond acceptors (Lipinski definition) is 5. The van der Waals surface area contributed by atoms with Crippen LogP contribution in [0.15, 0.2) is 42.5 Å². The summed E-state index contributed by atoms with van der Waals surface area (Å²) in [6, 6.07) is 11.6. The highest BCUT2D eigenvalue weighted by Gasteiger charge is 2.59. The summed E-state index contributed by atoms with van der Waals surface area (Å²) >= 11 is 1.43. The first-order valence-electron chi connectivity index (χ1n) is 9.19. The Labute approximate surface area is 172 Å². The largest absolute Gasteiger partial charge is 0.497 e. The number of carbonyl (C=O) groups excluding carboxylic acids is 2. The average molecular weight is 416 g/mol. The van der Waals surface area contributed by atoms with Gasteiger partial charge in [-0.05, 0) is 35.9 Å². The minimum atomic E-state index is -1.16. The molecule has 1 spiro atoms. The lowest BCUT2D eigenvalue weighted by Crippen LogP contribution is -2.51. The van der Waals surface area contributed by atoms with Gasteiger partial charge in [0.2, 0.25) is 5.91 Å². The van der Waals surface area contributed by atoms with Crippen LogP contribution < -0.4 is 9.64 Å². The van der Waals surface area contributed by atoms with Gasteiger partial charge in [0.25, 0.3) is 5.91 Å². The Balaban J connectivity index is 1.81. The summed E-state index contributed by atoms with van der Waals surface area (Å²) in [5.41, 5.74) is 2.09. The van der Waals surface area contributed by atoms with Gasteiger partial charge >= 0.3 is 0 Å². The quantitative estimate of drug-likeness (QED) is 0.750. The summed E-state index contributed by atoms with van der Waals surface area (Å²) < 4.78 is 24.1. The molecule has 2 aliphatic rings. The molecule has 29 heavy (non-hydrogen) atoms. The molecule has 1 fully saturated rings. The number of thioether (sulfide) groups is 1. The number of ether oxygens (including phenoxy) is 2. The van der Waals surface area contributed by atoms with Gasteiger partial charge in [-0.3, -0.25) is 9.59 Å². The molecule has 1 saturated heterocycles. The van der Waals surface area contributed by atoms with Crippen LogP contribution in [0.4, 0.5) is 10.1 Å². The fraction of sp³-hybridized carbons (Fsp3) is 0.333. The van der Waals surface area contributed by atoms with Gasteiger partial charge in [0.05, 0.1) is 19.3 Å². The van der Waals surface area contributed by atoms with Crippen LogP contribution in [-0.2, 0) is 25.7 Å². The Kier molecular flexibility index (Phi) is 5.23. The van der Waals surface area contributed by atoms with E-state index in [2.05, 4.69) is 0 Å². The normalized spacial score (nSPS) is 20.4. The average Bonchev–Trinajstić information content (AvgIpc) is 3.25. The lowest BCUT2D eigenvalue weighted by molar-refractivity contribution is -0.143. The summed E-state index contributed by atoms with van der Waals surface area (Å²) in [5.74, 6) is 0.427. The number of carbonyl (C=O) groups is 2. The van der Waals surface area contributed by atoms with Gasteiger partial charge < -0.3 is 19.3 Å². The van der Waals surface area contributed by atoms with Crippen LogP contribution in [0, 0.1) is 5.82 Å². The van der Waals surface area contributed by atoms with Gasteiger partial charge in [-0.15, -0.1) is 11.8 Å². The van der Waals surface area contributed by atoms with Crippen molar-refractivity contribution in [3.8, 4) is 5.75 Å². The van der Waals surface area contributed by atoms with Gasteiger partial charge in [-0.2, -0.15) is 0 Å². The van der Waals surface area contributed by atoms with Gasteiger partial charge in [0, 0.05) is 25.0 Å². The zero-order chi connectivity index (χ0) is 20.6. The maximum absolute atomic E-state index is 13.7. The number of anilines is 1. The molecule has 0 unspecified atom stereocenters. The second kappa shape index (κ2) is 7.68. The molecule has 2 amide bonds. The van der Waals surface area contributed by atoms with Crippen molar-refractivity contribution in [1.82, 2.24) is 4.90 Å². The Hall–Kier alpha value is -2.58. The molecule has 4 rings (SSSR count). The molecule has 2 aromatic carbocycles. The molecule has 0 saturated carbocycles. The van der Waals surface area contributed by atoms with E-state index in [1.54, 1.807) is 35.1 Å². The number of rotatable bonds is 5. The first-order chi connectivity index (χ1) is 14.0. The Morgan fingerprint density at radius 2 is 2.07 bits per heavy atom. The van der Waals surface area contributed by atoms with Gasteiger partial charge in [-0.1, -0.05) is 12.1 Å². The van der Waals surface area contributed by atoms with Crippen molar-refractivity contribution in [2.24, 2.45) is 0 Å². The van der Waals surface area contributed by atoms with E-state index in [-0.39, 0.29) is 30.8 Å². The molecule has 0 N–H and O–H groups in total. The minimum Gasteiger partial charge on any atom is -0.497 e. The molecule has 2 aliphatic heterocycles. The lowest BCUT2D eigenvalue weighted by atomic mass is 10.1. The molecule has 0 aliphatic carbocycles. The minimum absolute atomic E-state index is 0.0984. The van der Waals surface area contributed by atoms with E-state index in [9.17, 15) is 14.0 Å². The number of methoxy groups -OCH3 is 2. The molecule has 2 heterocycles. The third-order valence-corrected chi connectivity index (χ3v) is 6.62. The fourth-order valence-electron chi connectivity index (χ4n) is 3.95. The first kappa shape index (κ1) is 19.7. The predicted molar refractivity (Wildman–Crippen MR) is 108 cm³/mol. The highest BCUT2D eigenvalue weighted by molar-refractivity contribution is 8.01. The van der Waals surface area contributed by atoms with Crippen molar-refractivity contribution in [1.29, 1.82) is 0 Å². The number of hydrogen-bond donors (Lipinski definition) is 0. The second-order valence-corrected chi connectivity index (χ2v) is 8.16. The van der Waals surface area contributed by atoms with E-state index in [1.807, 2.05) is 12.1 Å². The zero-order valence-corrected chi connectivity index (χ0v) is 17.0. The molecule has 8 heteroatoms. The van der Waals surface area contributed by atoms with Crippen molar-refractivity contribution < 1.29 is 23.5 Å². The van der Waals surface area contributed by atoms with Crippen LogP contribution in [0.3, 0.4) is 0 Å². The van der Waals surface area contributed by atoms with Crippen LogP contribution in [0.5, 0.6) is 5.75 Å². The van der Waals surface area contributed by atoms with Crippen LogP contribution in [0.2, 0.25) is 0 Å². The molecule has 0 bridgehead atoms.